The van der Waals surface area contributed by atoms with Gasteiger partial charge in [-0.2, -0.15) is 4.31 Å². The summed E-state index contributed by atoms with van der Waals surface area (Å²) in [5.41, 5.74) is 0.914. The maximum atomic E-state index is 13.0. The van der Waals surface area contributed by atoms with Crippen molar-refractivity contribution in [2.24, 2.45) is 0 Å². The predicted molar refractivity (Wildman–Crippen MR) is 109 cm³/mol. The molecule has 0 aliphatic carbocycles. The van der Waals surface area contributed by atoms with Crippen LogP contribution < -0.4 is 0 Å². The predicted octanol–water partition coefficient (Wildman–Crippen LogP) is 3.11. The maximum Gasteiger partial charge on any atom is 0.243 e. The number of aromatic nitrogens is 1. The van der Waals surface area contributed by atoms with Crippen molar-refractivity contribution in [3.63, 3.8) is 0 Å². The van der Waals surface area contributed by atoms with E-state index in [1.807, 2.05) is 24.3 Å². The fourth-order valence-electron chi connectivity index (χ4n) is 3.53. The first-order valence-corrected chi connectivity index (χ1v) is 11.4. The topological polar surface area (TPSA) is 70.6 Å². The second-order valence-corrected chi connectivity index (χ2v) is 9.86. The van der Waals surface area contributed by atoms with Crippen LogP contribution in [0.25, 0.3) is 10.2 Å². The Bertz CT molecular complexity index is 1060. The largest absolute Gasteiger partial charge is 0.338 e. The van der Waals surface area contributed by atoms with Crippen LogP contribution in [0.3, 0.4) is 0 Å². The fourth-order valence-corrected chi connectivity index (χ4v) is 6.22. The summed E-state index contributed by atoms with van der Waals surface area (Å²) < 4.78 is 28.4. The van der Waals surface area contributed by atoms with Gasteiger partial charge in [-0.25, -0.2) is 13.4 Å². The Labute approximate surface area is 168 Å². The molecular weight excluding hydrogens is 394 g/mol. The average molecular weight is 416 g/mol. The van der Waals surface area contributed by atoms with Crippen molar-refractivity contribution >= 4 is 37.5 Å². The maximum absolute atomic E-state index is 13.0. The summed E-state index contributed by atoms with van der Waals surface area (Å²) >= 11 is 1.55. The van der Waals surface area contributed by atoms with Crippen molar-refractivity contribution in [2.75, 3.05) is 13.6 Å². The number of hydrogen-bond donors (Lipinski definition) is 0. The van der Waals surface area contributed by atoms with E-state index in [0.717, 1.165) is 15.2 Å². The first kappa shape index (κ1) is 19.0. The number of amides is 1. The molecule has 28 heavy (non-hydrogen) atoms. The SMILES string of the molecule is CN(Cc1nc2ccccc2s1)C(=O)C1CCCN1S(=O)(=O)c1ccccc1. The number of sulfonamides is 1. The molecule has 0 bridgehead atoms. The number of rotatable bonds is 5. The molecule has 0 radical (unpaired) electrons. The fraction of sp³-hybridized carbons (Fsp3) is 0.300. The number of carbonyl (C=O) groups excluding carboxylic acids is 1. The molecule has 1 aromatic heterocycles. The Morgan fingerprint density at radius 2 is 1.89 bits per heavy atom. The van der Waals surface area contributed by atoms with E-state index in [1.165, 1.54) is 4.31 Å². The van der Waals surface area contributed by atoms with Crippen LogP contribution in [0.2, 0.25) is 0 Å². The molecule has 1 atom stereocenters. The lowest BCUT2D eigenvalue weighted by Crippen LogP contribution is -2.46. The quantitative estimate of drug-likeness (QED) is 0.642. The van der Waals surface area contributed by atoms with E-state index < -0.39 is 16.1 Å². The number of para-hydroxylation sites is 1. The zero-order valence-corrected chi connectivity index (χ0v) is 17.1. The minimum atomic E-state index is -3.69. The molecule has 3 aromatic rings. The molecule has 146 valence electrons. The van der Waals surface area contributed by atoms with Crippen molar-refractivity contribution in [1.29, 1.82) is 0 Å². The van der Waals surface area contributed by atoms with Crippen LogP contribution in [0.15, 0.2) is 59.5 Å². The molecule has 1 aliphatic rings. The van der Waals surface area contributed by atoms with Crippen LogP contribution in [0.5, 0.6) is 0 Å². The molecule has 1 amide bonds. The molecule has 8 heteroatoms. The van der Waals surface area contributed by atoms with E-state index in [2.05, 4.69) is 4.98 Å². The van der Waals surface area contributed by atoms with Crippen molar-refractivity contribution < 1.29 is 13.2 Å². The van der Waals surface area contributed by atoms with Crippen molar-refractivity contribution in [3.8, 4) is 0 Å². The first-order chi connectivity index (χ1) is 13.5. The lowest BCUT2D eigenvalue weighted by molar-refractivity contribution is -0.133. The van der Waals surface area contributed by atoms with Gasteiger partial charge in [0.1, 0.15) is 11.0 Å². The smallest absolute Gasteiger partial charge is 0.243 e. The van der Waals surface area contributed by atoms with Gasteiger partial charge in [0, 0.05) is 13.6 Å². The van der Waals surface area contributed by atoms with E-state index in [4.69, 9.17) is 0 Å². The van der Waals surface area contributed by atoms with Gasteiger partial charge in [0.15, 0.2) is 0 Å². The molecular formula is C20H21N3O3S2. The van der Waals surface area contributed by atoms with E-state index >= 15 is 0 Å². The van der Waals surface area contributed by atoms with Crippen LogP contribution in [0, 0.1) is 0 Å². The third-order valence-electron chi connectivity index (χ3n) is 4.93. The van der Waals surface area contributed by atoms with E-state index in [0.29, 0.717) is 25.9 Å². The zero-order chi connectivity index (χ0) is 19.7. The number of fused-ring (bicyclic) bond motifs is 1. The summed E-state index contributed by atoms with van der Waals surface area (Å²) in [5, 5.41) is 0.840. The second kappa shape index (κ2) is 7.62. The monoisotopic (exact) mass is 415 g/mol. The highest BCUT2D eigenvalue weighted by atomic mass is 32.2. The number of likely N-dealkylation sites (N-methyl/N-ethyl adjacent to an activating group) is 1. The van der Waals surface area contributed by atoms with Crippen LogP contribution in [0.1, 0.15) is 17.8 Å². The van der Waals surface area contributed by atoms with Gasteiger partial charge < -0.3 is 4.90 Å². The number of benzene rings is 2. The van der Waals surface area contributed by atoms with Crippen molar-refractivity contribution in [1.82, 2.24) is 14.2 Å². The normalized spacial score (nSPS) is 17.8. The molecule has 0 spiro atoms. The molecule has 6 nitrogen and oxygen atoms in total. The number of hydrogen-bond acceptors (Lipinski definition) is 5. The van der Waals surface area contributed by atoms with Gasteiger partial charge in [-0.15, -0.1) is 11.3 Å². The lowest BCUT2D eigenvalue weighted by Gasteiger charge is -2.27. The zero-order valence-electron chi connectivity index (χ0n) is 15.5. The van der Waals surface area contributed by atoms with Gasteiger partial charge in [0.25, 0.3) is 0 Å². The number of thiazole rings is 1. The van der Waals surface area contributed by atoms with Crippen LogP contribution >= 0.6 is 11.3 Å². The average Bonchev–Trinajstić information content (AvgIpc) is 3.35. The van der Waals surface area contributed by atoms with Gasteiger partial charge in [-0.3, -0.25) is 4.79 Å². The highest BCUT2D eigenvalue weighted by Crippen LogP contribution is 2.28. The summed E-state index contributed by atoms with van der Waals surface area (Å²) in [4.78, 5) is 19.4. The highest BCUT2D eigenvalue weighted by molar-refractivity contribution is 7.89. The second-order valence-electron chi connectivity index (χ2n) is 6.86. The van der Waals surface area contributed by atoms with Gasteiger partial charge in [0.2, 0.25) is 15.9 Å². The van der Waals surface area contributed by atoms with Gasteiger partial charge in [0.05, 0.1) is 21.7 Å². The summed E-state index contributed by atoms with van der Waals surface area (Å²) in [6.07, 6.45) is 1.21. The molecule has 4 rings (SSSR count). The Balaban J connectivity index is 1.53. The molecule has 2 heterocycles. The van der Waals surface area contributed by atoms with Gasteiger partial charge >= 0.3 is 0 Å². The third kappa shape index (κ3) is 3.55. The first-order valence-electron chi connectivity index (χ1n) is 9.13. The molecule has 1 unspecified atom stereocenters. The van der Waals surface area contributed by atoms with E-state index in [-0.39, 0.29) is 10.8 Å². The Kier molecular flexibility index (Phi) is 5.18. The molecule has 1 fully saturated rings. The van der Waals surface area contributed by atoms with E-state index in [1.54, 1.807) is 53.6 Å². The molecule has 0 N–H and O–H groups in total. The van der Waals surface area contributed by atoms with E-state index in [9.17, 15) is 13.2 Å². The molecule has 1 saturated heterocycles. The molecule has 2 aromatic carbocycles. The van der Waals surface area contributed by atoms with Gasteiger partial charge in [-0.05, 0) is 37.1 Å². The Hall–Kier alpha value is -2.29. The standard InChI is InChI=1S/C20H21N3O3S2/c1-22(14-19-21-16-10-5-6-12-18(16)27-19)20(24)17-11-7-13-23(17)28(25,26)15-8-3-2-4-9-15/h2-6,8-10,12,17H,7,11,13-14H2,1H3. The Morgan fingerprint density at radius 1 is 1.18 bits per heavy atom. The summed E-state index contributed by atoms with van der Waals surface area (Å²) in [6, 6.07) is 15.5. The molecule has 0 saturated carbocycles. The summed E-state index contributed by atoms with van der Waals surface area (Å²) in [5.74, 6) is -0.184. The van der Waals surface area contributed by atoms with Crippen LogP contribution in [-0.4, -0.2) is 48.1 Å². The lowest BCUT2D eigenvalue weighted by atomic mass is 10.2. The van der Waals surface area contributed by atoms with Crippen LogP contribution in [-0.2, 0) is 21.4 Å². The number of nitrogens with zero attached hydrogens (tertiary/aromatic N) is 3. The minimum Gasteiger partial charge on any atom is -0.338 e. The number of carbonyl (C=O) groups is 1. The van der Waals surface area contributed by atoms with Crippen LogP contribution in [0.4, 0.5) is 0 Å². The highest BCUT2D eigenvalue weighted by Gasteiger charge is 2.40. The van der Waals surface area contributed by atoms with Crippen molar-refractivity contribution in [3.05, 3.63) is 59.6 Å². The Morgan fingerprint density at radius 3 is 2.64 bits per heavy atom. The third-order valence-corrected chi connectivity index (χ3v) is 7.87. The van der Waals surface area contributed by atoms with Crippen molar-refractivity contribution in [2.45, 2.75) is 30.3 Å². The summed E-state index contributed by atoms with van der Waals surface area (Å²) in [6.45, 7) is 0.733. The van der Waals surface area contributed by atoms with Gasteiger partial charge in [-0.1, -0.05) is 30.3 Å². The minimum absolute atomic E-state index is 0.184. The molecule has 1 aliphatic heterocycles. The summed E-state index contributed by atoms with van der Waals surface area (Å²) in [7, 11) is -1.98.